The Hall–Kier alpha value is -2.35. The van der Waals surface area contributed by atoms with Gasteiger partial charge in [0, 0.05) is 42.6 Å². The second-order valence-corrected chi connectivity index (χ2v) is 10.5. The number of nitrogens with one attached hydrogen (secondary N) is 1. The maximum absolute atomic E-state index is 12.8. The number of carbonyl (C=O) groups excluding carboxylic acids is 1. The summed E-state index contributed by atoms with van der Waals surface area (Å²) in [6.45, 7) is 3.56. The third-order valence-corrected chi connectivity index (χ3v) is 8.19. The Labute approximate surface area is 182 Å². The zero-order valence-corrected chi connectivity index (χ0v) is 18.2. The average Bonchev–Trinajstić information content (AvgIpc) is 3.20. The molecule has 4 bridgehead atoms. The minimum atomic E-state index is 0.0381. The number of piperidine rings is 1. The first kappa shape index (κ1) is 19.3. The standard InChI is InChI=1S/C23H31N7O/c1-16-26-28-30(27-16)23-13-17-10-18(14-23)12-22(11-17,15-23)25-20-4-8-29(9-5-20)21(31)19-2-6-24-7-3-19/h2-3,6-7,17-18,20,25H,4-5,8-15H2,1H3. The fourth-order valence-electron chi connectivity index (χ4n) is 7.44. The Morgan fingerprint density at radius 1 is 1.10 bits per heavy atom. The van der Waals surface area contributed by atoms with Crippen molar-refractivity contribution in [1.29, 1.82) is 0 Å². The van der Waals surface area contributed by atoms with E-state index in [1.54, 1.807) is 24.5 Å². The summed E-state index contributed by atoms with van der Waals surface area (Å²) in [6.07, 6.45) is 12.8. The minimum absolute atomic E-state index is 0.0381. The van der Waals surface area contributed by atoms with Crippen molar-refractivity contribution in [1.82, 2.24) is 35.4 Å². The highest BCUT2D eigenvalue weighted by Gasteiger charge is 2.60. The number of hydrogen-bond donors (Lipinski definition) is 1. The molecule has 2 aromatic heterocycles. The Kier molecular flexibility index (Phi) is 4.42. The number of likely N-dealkylation sites (tertiary alicyclic amines) is 1. The van der Waals surface area contributed by atoms with Gasteiger partial charge in [0.1, 0.15) is 0 Å². The van der Waals surface area contributed by atoms with Gasteiger partial charge in [0.2, 0.25) is 0 Å². The predicted octanol–water partition coefficient (Wildman–Crippen LogP) is 2.32. The summed E-state index contributed by atoms with van der Waals surface area (Å²) < 4.78 is 0. The quantitative estimate of drug-likeness (QED) is 0.815. The van der Waals surface area contributed by atoms with Crippen molar-refractivity contribution in [2.24, 2.45) is 11.8 Å². The maximum Gasteiger partial charge on any atom is 0.253 e. The molecule has 0 aromatic carbocycles. The lowest BCUT2D eigenvalue weighted by atomic mass is 9.50. The van der Waals surface area contributed by atoms with E-state index in [2.05, 4.69) is 25.7 Å². The van der Waals surface area contributed by atoms with E-state index < -0.39 is 0 Å². The molecule has 1 saturated heterocycles. The van der Waals surface area contributed by atoms with Crippen LogP contribution in [0.5, 0.6) is 0 Å². The fraction of sp³-hybridized carbons (Fsp3) is 0.696. The van der Waals surface area contributed by atoms with E-state index in [1.165, 1.54) is 32.1 Å². The van der Waals surface area contributed by atoms with Gasteiger partial charge in [-0.05, 0) is 87.5 Å². The molecule has 1 aliphatic heterocycles. The lowest BCUT2D eigenvalue weighted by Crippen LogP contribution is -2.67. The van der Waals surface area contributed by atoms with Gasteiger partial charge in [-0.25, -0.2) is 0 Å². The van der Waals surface area contributed by atoms with Crippen LogP contribution in [-0.4, -0.2) is 60.7 Å². The molecule has 5 aliphatic rings. The van der Waals surface area contributed by atoms with Gasteiger partial charge in [-0.2, -0.15) is 4.80 Å². The molecule has 2 atom stereocenters. The Morgan fingerprint density at radius 2 is 1.81 bits per heavy atom. The average molecular weight is 422 g/mol. The molecule has 0 spiro atoms. The molecule has 1 N–H and O–H groups in total. The lowest BCUT2D eigenvalue weighted by molar-refractivity contribution is -0.0898. The van der Waals surface area contributed by atoms with Crippen LogP contribution in [0.4, 0.5) is 0 Å². The van der Waals surface area contributed by atoms with Crippen molar-refractivity contribution >= 4 is 5.91 Å². The van der Waals surface area contributed by atoms with Crippen LogP contribution >= 0.6 is 0 Å². The van der Waals surface area contributed by atoms with Crippen molar-refractivity contribution in [3.63, 3.8) is 0 Å². The van der Waals surface area contributed by atoms with Crippen LogP contribution in [0.25, 0.3) is 0 Å². The Balaban J connectivity index is 1.15. The van der Waals surface area contributed by atoms with Gasteiger partial charge in [-0.15, -0.1) is 10.2 Å². The monoisotopic (exact) mass is 421 g/mol. The molecule has 7 rings (SSSR count). The number of amides is 1. The van der Waals surface area contributed by atoms with E-state index in [9.17, 15) is 4.79 Å². The molecule has 4 saturated carbocycles. The number of aryl methyl sites for hydroxylation is 1. The molecular weight excluding hydrogens is 390 g/mol. The van der Waals surface area contributed by atoms with Crippen LogP contribution in [0.1, 0.15) is 67.5 Å². The molecule has 8 nitrogen and oxygen atoms in total. The third kappa shape index (κ3) is 3.35. The highest BCUT2D eigenvalue weighted by Crippen LogP contribution is 2.60. The highest BCUT2D eigenvalue weighted by molar-refractivity contribution is 5.94. The molecule has 0 radical (unpaired) electrons. The van der Waals surface area contributed by atoms with Gasteiger partial charge in [-0.3, -0.25) is 9.78 Å². The number of aromatic nitrogens is 5. The molecular formula is C23H31N7O. The number of tetrazole rings is 1. The molecule has 164 valence electrons. The van der Waals surface area contributed by atoms with Crippen molar-refractivity contribution in [2.75, 3.05) is 13.1 Å². The normalized spacial score (nSPS) is 34.9. The molecule has 3 heterocycles. The predicted molar refractivity (Wildman–Crippen MR) is 114 cm³/mol. The van der Waals surface area contributed by atoms with Crippen LogP contribution in [0.2, 0.25) is 0 Å². The van der Waals surface area contributed by atoms with Crippen LogP contribution in [0, 0.1) is 18.8 Å². The molecule has 1 amide bonds. The van der Waals surface area contributed by atoms with Crippen molar-refractivity contribution in [3.8, 4) is 0 Å². The Morgan fingerprint density at radius 3 is 2.45 bits per heavy atom. The van der Waals surface area contributed by atoms with E-state index in [0.29, 0.717) is 6.04 Å². The summed E-state index contributed by atoms with van der Waals surface area (Å²) in [5, 5.41) is 17.4. The van der Waals surface area contributed by atoms with Crippen LogP contribution < -0.4 is 5.32 Å². The SMILES string of the molecule is Cc1nnn(C23CC4CC(CC(NC5CCN(C(=O)c6ccncc6)CC5)(C4)C2)C3)n1. The van der Waals surface area contributed by atoms with Crippen LogP contribution in [0.15, 0.2) is 24.5 Å². The summed E-state index contributed by atoms with van der Waals surface area (Å²) >= 11 is 0. The first-order valence-electron chi connectivity index (χ1n) is 11.8. The molecule has 2 aromatic rings. The molecule has 5 fully saturated rings. The highest BCUT2D eigenvalue weighted by atomic mass is 16.2. The van der Waals surface area contributed by atoms with Gasteiger partial charge in [-0.1, -0.05) is 0 Å². The fourth-order valence-corrected chi connectivity index (χ4v) is 7.44. The Bertz CT molecular complexity index is 951. The van der Waals surface area contributed by atoms with Gasteiger partial charge in [0.05, 0.1) is 5.54 Å². The minimum Gasteiger partial charge on any atom is -0.339 e. The molecule has 8 heteroatoms. The van der Waals surface area contributed by atoms with Gasteiger partial charge < -0.3 is 10.2 Å². The first-order chi connectivity index (χ1) is 15.0. The second-order valence-electron chi connectivity index (χ2n) is 10.5. The van der Waals surface area contributed by atoms with Gasteiger partial charge >= 0.3 is 0 Å². The molecule has 31 heavy (non-hydrogen) atoms. The summed E-state index contributed by atoms with van der Waals surface area (Å²) in [7, 11) is 0. The summed E-state index contributed by atoms with van der Waals surface area (Å²) in [4.78, 5) is 20.8. The number of carbonyl (C=O) groups is 1. The molecule has 4 aliphatic carbocycles. The largest absolute Gasteiger partial charge is 0.339 e. The van der Waals surface area contributed by atoms with Gasteiger partial charge in [0.25, 0.3) is 5.91 Å². The number of nitrogens with zero attached hydrogens (tertiary/aromatic N) is 6. The summed E-state index contributed by atoms with van der Waals surface area (Å²) in [5.74, 6) is 2.41. The topological polar surface area (TPSA) is 88.8 Å². The summed E-state index contributed by atoms with van der Waals surface area (Å²) in [6, 6.07) is 4.09. The van der Waals surface area contributed by atoms with Crippen LogP contribution in [0.3, 0.4) is 0 Å². The van der Waals surface area contributed by atoms with Crippen molar-refractivity contribution in [3.05, 3.63) is 35.9 Å². The van der Waals surface area contributed by atoms with Crippen molar-refractivity contribution in [2.45, 2.75) is 75.4 Å². The van der Waals surface area contributed by atoms with E-state index in [1.807, 2.05) is 16.6 Å². The maximum atomic E-state index is 12.8. The third-order valence-electron chi connectivity index (χ3n) is 8.19. The number of rotatable bonds is 4. The molecule has 2 unspecified atom stereocenters. The zero-order chi connectivity index (χ0) is 21.1. The van der Waals surface area contributed by atoms with Gasteiger partial charge in [0.15, 0.2) is 5.82 Å². The van der Waals surface area contributed by atoms with E-state index >= 15 is 0 Å². The van der Waals surface area contributed by atoms with E-state index in [4.69, 9.17) is 0 Å². The number of pyridine rings is 1. The lowest BCUT2D eigenvalue weighted by Gasteiger charge is -2.62. The number of hydrogen-bond acceptors (Lipinski definition) is 6. The summed E-state index contributed by atoms with van der Waals surface area (Å²) in [5.41, 5.74) is 0.962. The van der Waals surface area contributed by atoms with Crippen molar-refractivity contribution < 1.29 is 4.79 Å². The van der Waals surface area contributed by atoms with E-state index in [-0.39, 0.29) is 17.0 Å². The second kappa shape index (κ2) is 7.08. The van der Waals surface area contributed by atoms with E-state index in [0.717, 1.165) is 55.6 Å². The first-order valence-corrected chi connectivity index (χ1v) is 11.8. The van der Waals surface area contributed by atoms with Crippen LogP contribution in [-0.2, 0) is 5.54 Å². The smallest absolute Gasteiger partial charge is 0.253 e. The zero-order valence-electron chi connectivity index (χ0n) is 18.2.